The van der Waals surface area contributed by atoms with Gasteiger partial charge in [0, 0.05) is 10.9 Å². The summed E-state index contributed by atoms with van der Waals surface area (Å²) >= 11 is 5.94. The third-order valence-corrected chi connectivity index (χ3v) is 4.63. The largest absolute Gasteiger partial charge is 0.493 e. The Morgan fingerprint density at radius 1 is 1.26 bits per heavy atom. The van der Waals surface area contributed by atoms with Crippen LogP contribution in [0.15, 0.2) is 40.9 Å². The van der Waals surface area contributed by atoms with Crippen LogP contribution in [-0.2, 0) is 6.54 Å². The van der Waals surface area contributed by atoms with E-state index in [9.17, 15) is 4.79 Å². The average molecular weight is 443 g/mol. The van der Waals surface area contributed by atoms with E-state index >= 15 is 0 Å². The van der Waals surface area contributed by atoms with Crippen molar-refractivity contribution in [1.29, 1.82) is 0 Å². The fourth-order valence-electron chi connectivity index (χ4n) is 2.90. The van der Waals surface area contributed by atoms with Gasteiger partial charge in [-0.25, -0.2) is 0 Å². The number of allylic oxidation sites excluding steroid dienone is 2. The summed E-state index contributed by atoms with van der Waals surface area (Å²) < 4.78 is 15.5. The van der Waals surface area contributed by atoms with Gasteiger partial charge >= 0.3 is 0 Å². The number of nitrogens with zero attached hydrogens (tertiary/aromatic N) is 2. The number of ether oxygens (including phenoxy) is 2. The molecule has 8 nitrogen and oxygen atoms in total. The molecule has 1 aliphatic carbocycles. The van der Waals surface area contributed by atoms with Crippen LogP contribution in [-0.4, -0.2) is 48.1 Å². The normalized spacial score (nSPS) is 14.3. The first kappa shape index (κ1) is 22.3. The van der Waals surface area contributed by atoms with Crippen molar-refractivity contribution >= 4 is 30.0 Å². The highest BCUT2D eigenvalue weighted by atomic mass is 35.5. The highest BCUT2D eigenvalue weighted by Gasteiger charge is 2.11. The van der Waals surface area contributed by atoms with E-state index in [0.717, 1.165) is 22.4 Å². The molecule has 1 aromatic carbocycles. The molecule has 0 saturated carbocycles. The number of rotatable bonds is 6. The number of aldehydes is 1. The van der Waals surface area contributed by atoms with Crippen molar-refractivity contribution in [3.8, 4) is 22.9 Å². The first-order valence-corrected chi connectivity index (χ1v) is 9.89. The fraction of sp³-hybridized carbons (Fsp3) is 0.227. The molecule has 0 spiro atoms. The lowest BCUT2D eigenvalue weighted by molar-refractivity contribution is 0.111. The Hall–Kier alpha value is -3.36. The lowest BCUT2D eigenvalue weighted by Gasteiger charge is -2.07. The highest BCUT2D eigenvalue weighted by molar-refractivity contribution is 6.25. The number of H-pyrrole nitrogens is 1. The van der Waals surface area contributed by atoms with E-state index in [2.05, 4.69) is 20.4 Å². The van der Waals surface area contributed by atoms with Crippen LogP contribution in [0.5, 0.6) is 11.5 Å². The second-order valence-electron chi connectivity index (χ2n) is 6.49. The van der Waals surface area contributed by atoms with E-state index in [1.165, 1.54) is 0 Å². The number of fused-ring (bicyclic) bond motifs is 1. The van der Waals surface area contributed by atoms with Gasteiger partial charge in [-0.05, 0) is 42.6 Å². The third kappa shape index (κ3) is 5.62. The number of halogens is 1. The van der Waals surface area contributed by atoms with Crippen molar-refractivity contribution in [3.63, 3.8) is 0 Å². The van der Waals surface area contributed by atoms with Gasteiger partial charge in [-0.2, -0.15) is 4.98 Å². The first-order valence-electron chi connectivity index (χ1n) is 9.46. The summed E-state index contributed by atoms with van der Waals surface area (Å²) in [6.45, 7) is 0.542. The maximum absolute atomic E-state index is 10.5. The van der Waals surface area contributed by atoms with Crippen molar-refractivity contribution in [2.24, 2.45) is 0 Å². The number of alkyl halides is 1. The number of aromatic amines is 1. The predicted molar refractivity (Wildman–Crippen MR) is 119 cm³/mol. The van der Waals surface area contributed by atoms with E-state index < -0.39 is 0 Å². The van der Waals surface area contributed by atoms with Gasteiger partial charge in [0.25, 0.3) is 0 Å². The van der Waals surface area contributed by atoms with Crippen LogP contribution in [0, 0.1) is 0 Å². The molecule has 1 unspecified atom stereocenters. The molecule has 4 rings (SSSR count). The van der Waals surface area contributed by atoms with Gasteiger partial charge in [0.15, 0.2) is 17.8 Å². The minimum Gasteiger partial charge on any atom is -0.493 e. The Balaban J connectivity index is 0.000000185. The van der Waals surface area contributed by atoms with Crippen molar-refractivity contribution < 1.29 is 18.8 Å². The zero-order valence-electron chi connectivity index (χ0n) is 17.4. The van der Waals surface area contributed by atoms with Gasteiger partial charge in [-0.3, -0.25) is 4.79 Å². The fourth-order valence-corrected chi connectivity index (χ4v) is 3.12. The minimum atomic E-state index is -0.104. The van der Waals surface area contributed by atoms with Crippen LogP contribution < -0.4 is 25.4 Å². The van der Waals surface area contributed by atoms with Gasteiger partial charge in [-0.15, -0.1) is 11.6 Å². The second kappa shape index (κ2) is 10.6. The van der Waals surface area contributed by atoms with Gasteiger partial charge < -0.3 is 24.3 Å². The topological polar surface area (TPSA) is 102 Å². The molecule has 0 bridgehead atoms. The Morgan fingerprint density at radius 3 is 2.77 bits per heavy atom. The number of nitrogens with one attached hydrogen (secondary N) is 2. The molecule has 1 atom stereocenters. The quantitative estimate of drug-likeness (QED) is 0.445. The van der Waals surface area contributed by atoms with Gasteiger partial charge in [0.1, 0.15) is 0 Å². The van der Waals surface area contributed by atoms with Gasteiger partial charge in [0.05, 0.1) is 31.8 Å². The number of carbonyl (C=O) groups is 1. The Kier molecular flexibility index (Phi) is 7.64. The molecule has 31 heavy (non-hydrogen) atoms. The molecule has 0 amide bonds. The zero-order chi connectivity index (χ0) is 22.2. The summed E-state index contributed by atoms with van der Waals surface area (Å²) in [4.78, 5) is 17.7. The summed E-state index contributed by atoms with van der Waals surface area (Å²) in [7, 11) is 5.00. The molecule has 2 N–H and O–H groups in total. The third-order valence-electron chi connectivity index (χ3n) is 4.36. The van der Waals surface area contributed by atoms with Crippen LogP contribution in [0.3, 0.4) is 0 Å². The summed E-state index contributed by atoms with van der Waals surface area (Å²) in [5.41, 5.74) is 1.40. The number of carbonyl (C=O) groups excluding carboxylic acids is 1. The minimum absolute atomic E-state index is 0.104. The van der Waals surface area contributed by atoms with Gasteiger partial charge in [-0.1, -0.05) is 23.4 Å². The van der Waals surface area contributed by atoms with Gasteiger partial charge in [0.2, 0.25) is 11.7 Å². The van der Waals surface area contributed by atoms with E-state index in [-0.39, 0.29) is 5.38 Å². The number of hydrogen-bond acceptors (Lipinski definition) is 7. The van der Waals surface area contributed by atoms with Crippen LogP contribution in [0.4, 0.5) is 0 Å². The number of benzene rings is 1. The number of methoxy groups -OCH3 is 2. The molecule has 162 valence electrons. The number of aromatic nitrogens is 3. The smallest absolute Gasteiger partial charge is 0.240 e. The maximum atomic E-state index is 10.5. The van der Waals surface area contributed by atoms with E-state index in [1.54, 1.807) is 20.3 Å². The number of hydrogen-bond donors (Lipinski definition) is 2. The Labute approximate surface area is 184 Å². The molecule has 1 aliphatic rings. The lowest BCUT2D eigenvalue weighted by atomic mass is 10.2. The summed E-state index contributed by atoms with van der Waals surface area (Å²) in [5.74, 6) is 2.37. The summed E-state index contributed by atoms with van der Waals surface area (Å²) in [5, 5.41) is 8.67. The molecule has 2 aromatic heterocycles. The molecule has 2 heterocycles. The Morgan fingerprint density at radius 2 is 2.06 bits per heavy atom. The SMILES string of the molecule is CNCc1nc(-c2ccc(OC)c(OC)c2)no1.O=Cc1cc2c([nH]1)=CC=CC(Cl)C=2. The summed E-state index contributed by atoms with van der Waals surface area (Å²) in [6.07, 6.45) is 8.37. The molecule has 3 aromatic rings. The van der Waals surface area contributed by atoms with E-state index in [4.69, 9.17) is 25.6 Å². The van der Waals surface area contributed by atoms with Crippen molar-refractivity contribution in [3.05, 3.63) is 58.6 Å². The van der Waals surface area contributed by atoms with Crippen molar-refractivity contribution in [2.45, 2.75) is 11.9 Å². The molecule has 9 heteroatoms. The standard InChI is InChI=1S/C12H15N3O3.C10H8ClNO/c1-13-7-11-14-12(15-18-11)8-4-5-9(16-2)10(6-8)17-3;11-8-2-1-3-10-7(4-8)5-9(6-13)12-10/h4-6,13H,7H2,1-3H3;1-6,8,12H. The van der Waals surface area contributed by atoms with Crippen LogP contribution in [0.25, 0.3) is 23.5 Å². The monoisotopic (exact) mass is 442 g/mol. The van der Waals surface area contributed by atoms with Crippen LogP contribution in [0.1, 0.15) is 16.4 Å². The Bertz CT molecular complexity index is 1180. The lowest BCUT2D eigenvalue weighted by Crippen LogP contribution is -2.21. The van der Waals surface area contributed by atoms with E-state index in [1.807, 2.05) is 49.6 Å². The van der Waals surface area contributed by atoms with Crippen molar-refractivity contribution in [1.82, 2.24) is 20.4 Å². The van der Waals surface area contributed by atoms with Crippen molar-refractivity contribution in [2.75, 3.05) is 21.3 Å². The maximum Gasteiger partial charge on any atom is 0.240 e. The molecular formula is C22H23ClN4O4. The molecular weight excluding hydrogens is 420 g/mol. The second-order valence-corrected chi connectivity index (χ2v) is 6.99. The van der Waals surface area contributed by atoms with Crippen LogP contribution in [0.2, 0.25) is 0 Å². The van der Waals surface area contributed by atoms with E-state index in [0.29, 0.717) is 35.5 Å². The highest BCUT2D eigenvalue weighted by Crippen LogP contribution is 2.31. The summed E-state index contributed by atoms with van der Waals surface area (Å²) in [6, 6.07) is 7.27. The first-order chi connectivity index (χ1) is 15.1. The van der Waals surface area contributed by atoms with Crippen LogP contribution >= 0.6 is 11.6 Å². The zero-order valence-corrected chi connectivity index (χ0v) is 18.1. The molecule has 0 radical (unpaired) electrons. The molecule has 0 fully saturated rings. The predicted octanol–water partition coefficient (Wildman–Crippen LogP) is 2.04. The molecule has 0 aliphatic heterocycles. The average Bonchev–Trinajstić information content (AvgIpc) is 3.37. The molecule has 0 saturated heterocycles.